The molecule has 0 spiro atoms. The summed E-state index contributed by atoms with van der Waals surface area (Å²) in [6.07, 6.45) is 2.56. The van der Waals surface area contributed by atoms with Crippen LogP contribution in [-0.4, -0.2) is 49.1 Å². The Morgan fingerprint density at radius 1 is 1.00 bits per heavy atom. The van der Waals surface area contributed by atoms with E-state index in [0.29, 0.717) is 36.8 Å². The fourth-order valence-corrected chi connectivity index (χ4v) is 3.82. The van der Waals surface area contributed by atoms with Crippen LogP contribution in [0.3, 0.4) is 0 Å². The van der Waals surface area contributed by atoms with Crippen molar-refractivity contribution in [1.82, 2.24) is 9.80 Å². The van der Waals surface area contributed by atoms with E-state index in [1.54, 1.807) is 4.90 Å². The fraction of sp³-hybridized carbons (Fsp3) is 0.409. The summed E-state index contributed by atoms with van der Waals surface area (Å²) < 4.78 is 11.3. The Morgan fingerprint density at radius 3 is 2.56 bits per heavy atom. The molecule has 0 atom stereocenters. The van der Waals surface area contributed by atoms with Gasteiger partial charge in [-0.05, 0) is 49.2 Å². The molecular formula is C22H26N2O3. The lowest BCUT2D eigenvalue weighted by Crippen LogP contribution is -2.29. The van der Waals surface area contributed by atoms with Crippen molar-refractivity contribution in [3.05, 3.63) is 59.2 Å². The van der Waals surface area contributed by atoms with Gasteiger partial charge in [0.25, 0.3) is 5.91 Å². The molecule has 0 bridgehead atoms. The zero-order valence-electron chi connectivity index (χ0n) is 15.8. The third-order valence-electron chi connectivity index (χ3n) is 5.26. The van der Waals surface area contributed by atoms with Crippen LogP contribution in [0.1, 0.15) is 34.3 Å². The van der Waals surface area contributed by atoms with Crippen LogP contribution in [0.25, 0.3) is 0 Å². The first-order valence-corrected chi connectivity index (χ1v) is 9.65. The van der Waals surface area contributed by atoms with Crippen molar-refractivity contribution in [3.63, 3.8) is 0 Å². The molecule has 2 aromatic carbocycles. The summed E-state index contributed by atoms with van der Waals surface area (Å²) >= 11 is 0. The maximum atomic E-state index is 13.1. The van der Waals surface area contributed by atoms with Gasteiger partial charge in [0, 0.05) is 20.1 Å². The molecule has 2 aliphatic heterocycles. The Morgan fingerprint density at radius 2 is 1.74 bits per heavy atom. The van der Waals surface area contributed by atoms with Crippen LogP contribution in [0.2, 0.25) is 0 Å². The summed E-state index contributed by atoms with van der Waals surface area (Å²) in [6, 6.07) is 13.9. The average Bonchev–Trinajstić information content (AvgIpc) is 3.21. The first-order valence-electron chi connectivity index (χ1n) is 9.65. The Kier molecular flexibility index (Phi) is 5.30. The number of hydrogen-bond acceptors (Lipinski definition) is 4. The van der Waals surface area contributed by atoms with Crippen molar-refractivity contribution in [2.75, 3.05) is 33.4 Å². The van der Waals surface area contributed by atoms with Crippen molar-refractivity contribution in [1.29, 1.82) is 0 Å². The van der Waals surface area contributed by atoms with Gasteiger partial charge in [0.05, 0.1) is 5.56 Å². The third kappa shape index (κ3) is 3.93. The lowest BCUT2D eigenvalue weighted by Gasteiger charge is -2.24. The molecule has 0 aromatic heterocycles. The summed E-state index contributed by atoms with van der Waals surface area (Å²) in [7, 11) is 1.85. The van der Waals surface area contributed by atoms with E-state index in [0.717, 1.165) is 19.6 Å². The predicted molar refractivity (Wildman–Crippen MR) is 104 cm³/mol. The van der Waals surface area contributed by atoms with Gasteiger partial charge in [-0.1, -0.05) is 30.3 Å². The Labute approximate surface area is 160 Å². The predicted octanol–water partition coefficient (Wildman–Crippen LogP) is 3.33. The number of carbonyl (C=O) groups excluding carboxylic acids is 1. The quantitative estimate of drug-likeness (QED) is 0.814. The summed E-state index contributed by atoms with van der Waals surface area (Å²) in [4.78, 5) is 17.3. The van der Waals surface area contributed by atoms with Crippen molar-refractivity contribution < 1.29 is 14.3 Å². The van der Waals surface area contributed by atoms with Gasteiger partial charge in [-0.3, -0.25) is 9.69 Å². The first kappa shape index (κ1) is 17.9. The van der Waals surface area contributed by atoms with Crippen LogP contribution in [0.5, 0.6) is 11.5 Å². The highest BCUT2D eigenvalue weighted by Crippen LogP contribution is 2.34. The summed E-state index contributed by atoms with van der Waals surface area (Å²) in [5.74, 6) is 1.16. The number of likely N-dealkylation sites (tertiary alicyclic amines) is 1. The molecule has 2 aromatic rings. The Balaban J connectivity index is 1.51. The molecule has 0 aliphatic carbocycles. The number of amides is 1. The molecule has 2 heterocycles. The highest BCUT2D eigenvalue weighted by molar-refractivity contribution is 5.97. The molecule has 1 fully saturated rings. The lowest BCUT2D eigenvalue weighted by molar-refractivity contribution is 0.0774. The van der Waals surface area contributed by atoms with E-state index >= 15 is 0 Å². The smallest absolute Gasteiger partial charge is 0.257 e. The second-order valence-electron chi connectivity index (χ2n) is 7.24. The molecule has 0 unspecified atom stereocenters. The van der Waals surface area contributed by atoms with Crippen LogP contribution in [0, 0.1) is 0 Å². The van der Waals surface area contributed by atoms with Gasteiger partial charge in [-0.2, -0.15) is 0 Å². The van der Waals surface area contributed by atoms with E-state index in [-0.39, 0.29) is 5.91 Å². The molecule has 1 amide bonds. The molecule has 5 heteroatoms. The van der Waals surface area contributed by atoms with Crippen molar-refractivity contribution >= 4 is 5.91 Å². The zero-order chi connectivity index (χ0) is 18.6. The SMILES string of the molecule is CN(Cc1ccccc1CN1CCCC1)C(=O)c1cccc2c1OCCO2. The summed E-state index contributed by atoms with van der Waals surface area (Å²) in [6.45, 7) is 4.85. The van der Waals surface area contributed by atoms with Gasteiger partial charge >= 0.3 is 0 Å². The molecule has 0 N–H and O–H groups in total. The molecule has 142 valence electrons. The third-order valence-corrected chi connectivity index (χ3v) is 5.26. The van der Waals surface area contributed by atoms with Gasteiger partial charge in [0.1, 0.15) is 13.2 Å². The zero-order valence-corrected chi connectivity index (χ0v) is 15.8. The second-order valence-corrected chi connectivity index (χ2v) is 7.24. The number of hydrogen-bond donors (Lipinski definition) is 0. The van der Waals surface area contributed by atoms with Gasteiger partial charge < -0.3 is 14.4 Å². The van der Waals surface area contributed by atoms with Crippen molar-refractivity contribution in [2.45, 2.75) is 25.9 Å². The van der Waals surface area contributed by atoms with Gasteiger partial charge in [0.2, 0.25) is 0 Å². The average molecular weight is 366 g/mol. The van der Waals surface area contributed by atoms with E-state index in [9.17, 15) is 4.79 Å². The van der Waals surface area contributed by atoms with E-state index in [2.05, 4.69) is 23.1 Å². The van der Waals surface area contributed by atoms with Gasteiger partial charge in [-0.25, -0.2) is 0 Å². The lowest BCUT2D eigenvalue weighted by atomic mass is 10.1. The van der Waals surface area contributed by atoms with Gasteiger partial charge in [0.15, 0.2) is 11.5 Å². The first-order chi connectivity index (χ1) is 13.2. The molecule has 0 saturated carbocycles. The molecular weight excluding hydrogens is 340 g/mol. The number of para-hydroxylation sites is 1. The number of ether oxygens (including phenoxy) is 2. The maximum Gasteiger partial charge on any atom is 0.257 e. The van der Waals surface area contributed by atoms with Crippen LogP contribution >= 0.6 is 0 Å². The molecule has 1 saturated heterocycles. The van der Waals surface area contributed by atoms with E-state index in [1.807, 2.05) is 31.3 Å². The molecule has 27 heavy (non-hydrogen) atoms. The normalized spacial score (nSPS) is 16.3. The maximum absolute atomic E-state index is 13.1. The fourth-order valence-electron chi connectivity index (χ4n) is 3.82. The Hall–Kier alpha value is -2.53. The standard InChI is InChI=1S/C22H26N2O3/c1-23(22(25)19-9-6-10-20-21(19)27-14-13-26-20)15-17-7-2-3-8-18(17)16-24-11-4-5-12-24/h2-3,6-10H,4-5,11-16H2,1H3. The topological polar surface area (TPSA) is 42.0 Å². The number of rotatable bonds is 5. The van der Waals surface area contributed by atoms with Crippen molar-refractivity contribution in [3.8, 4) is 11.5 Å². The molecule has 4 rings (SSSR count). The highest BCUT2D eigenvalue weighted by Gasteiger charge is 2.23. The molecule has 5 nitrogen and oxygen atoms in total. The molecule has 0 radical (unpaired) electrons. The number of carbonyl (C=O) groups is 1. The van der Waals surface area contributed by atoms with E-state index < -0.39 is 0 Å². The monoisotopic (exact) mass is 366 g/mol. The van der Waals surface area contributed by atoms with Crippen LogP contribution in [0.15, 0.2) is 42.5 Å². The number of benzene rings is 2. The second kappa shape index (κ2) is 8.01. The largest absolute Gasteiger partial charge is 0.486 e. The molecule has 2 aliphatic rings. The van der Waals surface area contributed by atoms with Crippen LogP contribution in [0.4, 0.5) is 0 Å². The van der Waals surface area contributed by atoms with Gasteiger partial charge in [-0.15, -0.1) is 0 Å². The minimum Gasteiger partial charge on any atom is -0.486 e. The van der Waals surface area contributed by atoms with E-state index in [4.69, 9.17) is 9.47 Å². The number of fused-ring (bicyclic) bond motifs is 1. The Bertz CT molecular complexity index is 815. The van der Waals surface area contributed by atoms with Crippen LogP contribution < -0.4 is 9.47 Å². The summed E-state index contributed by atoms with van der Waals surface area (Å²) in [5, 5.41) is 0. The minimum absolute atomic E-state index is 0.0478. The van der Waals surface area contributed by atoms with Crippen molar-refractivity contribution in [2.24, 2.45) is 0 Å². The van der Waals surface area contributed by atoms with E-state index in [1.165, 1.54) is 24.0 Å². The van der Waals surface area contributed by atoms with Crippen LogP contribution in [-0.2, 0) is 13.1 Å². The number of nitrogens with zero attached hydrogens (tertiary/aromatic N) is 2. The minimum atomic E-state index is -0.0478. The highest BCUT2D eigenvalue weighted by atomic mass is 16.6. The summed E-state index contributed by atoms with van der Waals surface area (Å²) in [5.41, 5.74) is 3.06.